The topological polar surface area (TPSA) is 152 Å². The average molecular weight is 477 g/mol. The number of nitrogens with one attached hydrogen (secondary N) is 1. The van der Waals surface area contributed by atoms with Crippen molar-refractivity contribution in [3.63, 3.8) is 0 Å². The quantitative estimate of drug-likeness (QED) is 0.227. The van der Waals surface area contributed by atoms with Gasteiger partial charge in [-0.05, 0) is 61.9 Å². The molecule has 0 radical (unpaired) electrons. The van der Waals surface area contributed by atoms with Crippen molar-refractivity contribution in [1.82, 2.24) is 0 Å². The minimum Gasteiger partial charge on any atom is -0.456 e. The predicted octanol–water partition coefficient (Wildman–Crippen LogP) is 4.75. The molecule has 0 bridgehead atoms. The van der Waals surface area contributed by atoms with Gasteiger partial charge in [0.1, 0.15) is 28.2 Å². The fraction of sp³-hybridized carbons (Fsp3) is 0.208. The van der Waals surface area contributed by atoms with Crippen LogP contribution in [0.25, 0.3) is 17.4 Å². The summed E-state index contributed by atoms with van der Waals surface area (Å²) in [5.41, 5.74) is 7.40. The number of hydrogen-bond donors (Lipinski definition) is 2. The molecule has 1 aliphatic rings. The molecule has 3 aromatic rings. The van der Waals surface area contributed by atoms with Gasteiger partial charge in [0.15, 0.2) is 0 Å². The second-order valence-corrected chi connectivity index (χ2v) is 8.99. The lowest BCUT2D eigenvalue weighted by Gasteiger charge is -2.11. The van der Waals surface area contributed by atoms with Crippen molar-refractivity contribution in [3.8, 4) is 17.4 Å². The zero-order chi connectivity index (χ0) is 24.4. The number of furan rings is 1. The number of nitrogens with zero attached hydrogens (tertiary/aromatic N) is 2. The monoisotopic (exact) mass is 476 g/mol. The third-order valence-corrected chi connectivity index (χ3v) is 6.75. The lowest BCUT2D eigenvalue weighted by molar-refractivity contribution is -0.384. The van der Waals surface area contributed by atoms with Gasteiger partial charge >= 0.3 is 0 Å². The van der Waals surface area contributed by atoms with Gasteiger partial charge in [-0.25, -0.2) is 0 Å². The van der Waals surface area contributed by atoms with Crippen LogP contribution in [0, 0.1) is 28.4 Å². The van der Waals surface area contributed by atoms with E-state index in [1.807, 2.05) is 6.07 Å². The first-order chi connectivity index (χ1) is 16.3. The summed E-state index contributed by atoms with van der Waals surface area (Å²) in [7, 11) is 0. The Morgan fingerprint density at radius 1 is 1.26 bits per heavy atom. The van der Waals surface area contributed by atoms with Crippen molar-refractivity contribution in [2.45, 2.75) is 32.6 Å². The summed E-state index contributed by atoms with van der Waals surface area (Å²) in [5.74, 6) is -0.912. The summed E-state index contributed by atoms with van der Waals surface area (Å²) in [6.45, 7) is 1.75. The lowest BCUT2D eigenvalue weighted by atomic mass is 9.95. The number of aryl methyl sites for hydroxylation is 2. The minimum atomic E-state index is -0.706. The number of hydrogen-bond acceptors (Lipinski definition) is 7. The Kier molecular flexibility index (Phi) is 6.30. The molecule has 2 aromatic heterocycles. The summed E-state index contributed by atoms with van der Waals surface area (Å²) in [4.78, 5) is 36.8. The highest BCUT2D eigenvalue weighted by Gasteiger charge is 2.26. The Labute approximate surface area is 198 Å². The van der Waals surface area contributed by atoms with Gasteiger partial charge in [0.25, 0.3) is 17.5 Å². The number of thiophene rings is 1. The number of primary amides is 1. The highest BCUT2D eigenvalue weighted by molar-refractivity contribution is 7.17. The molecule has 1 aromatic carbocycles. The van der Waals surface area contributed by atoms with Gasteiger partial charge in [0, 0.05) is 17.0 Å². The number of anilines is 1. The number of carbonyl (C=O) groups is 2. The van der Waals surface area contributed by atoms with E-state index in [0.29, 0.717) is 10.6 Å². The van der Waals surface area contributed by atoms with Gasteiger partial charge in [-0.1, -0.05) is 6.07 Å². The largest absolute Gasteiger partial charge is 0.456 e. The van der Waals surface area contributed by atoms with Crippen molar-refractivity contribution in [2.24, 2.45) is 5.73 Å². The van der Waals surface area contributed by atoms with Crippen LogP contribution >= 0.6 is 11.3 Å². The van der Waals surface area contributed by atoms with E-state index in [9.17, 15) is 25.0 Å². The molecule has 0 fully saturated rings. The summed E-state index contributed by atoms with van der Waals surface area (Å²) in [6.07, 6.45) is 4.73. The summed E-state index contributed by atoms with van der Waals surface area (Å²) >= 11 is 1.30. The van der Waals surface area contributed by atoms with E-state index in [2.05, 4.69) is 5.32 Å². The third-order valence-electron chi connectivity index (χ3n) is 5.54. The molecule has 0 atom stereocenters. The molecule has 0 unspecified atom stereocenters. The zero-order valence-corrected chi connectivity index (χ0v) is 19.0. The van der Waals surface area contributed by atoms with Crippen molar-refractivity contribution >= 4 is 39.9 Å². The fourth-order valence-corrected chi connectivity index (χ4v) is 5.24. The molecule has 10 heteroatoms. The molecule has 0 saturated carbocycles. The van der Waals surface area contributed by atoms with Crippen LogP contribution in [0.4, 0.5) is 10.7 Å². The Bertz CT molecular complexity index is 1390. The Balaban J connectivity index is 1.61. The van der Waals surface area contributed by atoms with Crippen molar-refractivity contribution in [2.75, 3.05) is 5.32 Å². The number of rotatable bonds is 6. The first-order valence-electron chi connectivity index (χ1n) is 10.5. The standard InChI is InChI=1S/C24H20N4O5S/c1-13-6-8-16(18(10-13)28(31)32)19-9-7-15(33-19)11-14(12-25)23(30)27-24-21(22(26)29)17-4-2-3-5-20(17)34-24/h6-11H,2-5H2,1H3,(H2,26,29)(H,27,30). The molecule has 3 N–H and O–H groups in total. The van der Waals surface area contributed by atoms with Crippen molar-refractivity contribution < 1.29 is 18.9 Å². The first kappa shape index (κ1) is 22.9. The number of benzene rings is 1. The molecule has 172 valence electrons. The number of nitro groups is 1. The van der Waals surface area contributed by atoms with Crippen molar-refractivity contribution in [3.05, 3.63) is 73.3 Å². The number of amides is 2. The molecule has 34 heavy (non-hydrogen) atoms. The summed E-state index contributed by atoms with van der Waals surface area (Å²) in [5, 5.41) is 23.9. The number of nitriles is 1. The van der Waals surface area contributed by atoms with E-state index in [1.165, 1.54) is 35.6 Å². The van der Waals surface area contributed by atoms with Crippen LogP contribution in [0.1, 0.15) is 45.0 Å². The van der Waals surface area contributed by atoms with Crippen LogP contribution < -0.4 is 11.1 Å². The molecule has 0 aliphatic heterocycles. The smallest absolute Gasteiger partial charge is 0.280 e. The molecule has 4 rings (SSSR count). The van der Waals surface area contributed by atoms with E-state index >= 15 is 0 Å². The highest BCUT2D eigenvalue weighted by Crippen LogP contribution is 2.38. The average Bonchev–Trinajstić information content (AvgIpc) is 3.41. The second kappa shape index (κ2) is 9.33. The molecule has 9 nitrogen and oxygen atoms in total. The number of fused-ring (bicyclic) bond motifs is 1. The Morgan fingerprint density at radius 3 is 2.74 bits per heavy atom. The zero-order valence-electron chi connectivity index (χ0n) is 18.2. The van der Waals surface area contributed by atoms with Gasteiger partial charge in [-0.3, -0.25) is 19.7 Å². The SMILES string of the molecule is Cc1ccc(-c2ccc(C=C(C#N)C(=O)Nc3sc4c(c3C(N)=O)CCCC4)o2)c([N+](=O)[O-])c1. The van der Waals surface area contributed by atoms with Crippen molar-refractivity contribution in [1.29, 1.82) is 5.26 Å². The predicted molar refractivity (Wildman–Crippen MR) is 127 cm³/mol. The summed E-state index contributed by atoms with van der Waals surface area (Å²) < 4.78 is 5.68. The van der Waals surface area contributed by atoms with E-state index in [0.717, 1.165) is 41.7 Å². The second-order valence-electron chi connectivity index (χ2n) is 7.88. The Morgan fingerprint density at radius 2 is 2.03 bits per heavy atom. The molecule has 2 heterocycles. The highest BCUT2D eigenvalue weighted by atomic mass is 32.1. The number of carbonyl (C=O) groups excluding carboxylic acids is 2. The molecular weight excluding hydrogens is 456 g/mol. The van der Waals surface area contributed by atoms with E-state index in [1.54, 1.807) is 19.1 Å². The van der Waals surface area contributed by atoms with E-state index in [4.69, 9.17) is 10.2 Å². The molecule has 1 aliphatic carbocycles. The van der Waals surface area contributed by atoms with Gasteiger partial charge in [-0.15, -0.1) is 11.3 Å². The van der Waals surface area contributed by atoms with Gasteiger partial charge in [0.05, 0.1) is 16.1 Å². The van der Waals surface area contributed by atoms with Crippen LogP contribution in [-0.2, 0) is 17.6 Å². The van der Waals surface area contributed by atoms with Crippen LogP contribution in [0.2, 0.25) is 0 Å². The first-order valence-corrected chi connectivity index (χ1v) is 11.3. The third kappa shape index (κ3) is 4.46. The van der Waals surface area contributed by atoms with Crippen LogP contribution in [-0.4, -0.2) is 16.7 Å². The molecule has 0 saturated heterocycles. The van der Waals surface area contributed by atoms with Gasteiger partial charge in [-0.2, -0.15) is 5.26 Å². The molecule has 0 spiro atoms. The van der Waals surface area contributed by atoms with Crippen LogP contribution in [0.3, 0.4) is 0 Å². The van der Waals surface area contributed by atoms with E-state index in [-0.39, 0.29) is 28.3 Å². The van der Waals surface area contributed by atoms with Gasteiger partial charge < -0.3 is 15.5 Å². The maximum absolute atomic E-state index is 12.8. The normalized spacial score (nSPS) is 13.1. The summed E-state index contributed by atoms with van der Waals surface area (Å²) in [6, 6.07) is 9.64. The van der Waals surface area contributed by atoms with Crippen LogP contribution in [0.15, 0.2) is 40.3 Å². The molecular formula is C24H20N4O5S. The van der Waals surface area contributed by atoms with E-state index < -0.39 is 16.7 Å². The van der Waals surface area contributed by atoms with Crippen LogP contribution in [0.5, 0.6) is 0 Å². The molecule has 2 amide bonds. The van der Waals surface area contributed by atoms with Gasteiger partial charge in [0.2, 0.25) is 0 Å². The number of nitro benzene ring substituents is 1. The maximum Gasteiger partial charge on any atom is 0.280 e. The Hall–Kier alpha value is -4.23. The maximum atomic E-state index is 12.8. The lowest BCUT2D eigenvalue weighted by Crippen LogP contribution is -2.19. The minimum absolute atomic E-state index is 0.108. The number of nitrogens with two attached hydrogens (primary N) is 1. The fourth-order valence-electron chi connectivity index (χ4n) is 3.95.